The highest BCUT2D eigenvalue weighted by molar-refractivity contribution is 9.10. The van der Waals surface area contributed by atoms with Crippen molar-refractivity contribution >= 4 is 27.8 Å². The fourth-order valence-electron chi connectivity index (χ4n) is 2.45. The SMILES string of the molecule is Cc1c(Br)cccc1C(=O)NC1CCC(C(=O)O)C1. The summed E-state index contributed by atoms with van der Waals surface area (Å²) in [6, 6.07) is 5.45. The highest BCUT2D eigenvalue weighted by Gasteiger charge is 2.30. The molecule has 0 radical (unpaired) electrons. The van der Waals surface area contributed by atoms with Gasteiger partial charge in [-0.15, -0.1) is 0 Å². The summed E-state index contributed by atoms with van der Waals surface area (Å²) in [4.78, 5) is 23.1. The molecule has 2 unspecified atom stereocenters. The van der Waals surface area contributed by atoms with Crippen LogP contribution in [0, 0.1) is 12.8 Å². The van der Waals surface area contributed by atoms with Crippen LogP contribution in [0.2, 0.25) is 0 Å². The number of carboxylic acid groups (broad SMARTS) is 1. The Labute approximate surface area is 120 Å². The van der Waals surface area contributed by atoms with Gasteiger partial charge in [0.1, 0.15) is 0 Å². The first kappa shape index (κ1) is 14.1. The predicted octanol–water partition coefficient (Wildman–Crippen LogP) is 2.74. The number of benzene rings is 1. The number of carbonyl (C=O) groups is 2. The molecule has 5 heteroatoms. The molecular formula is C14H16BrNO3. The molecule has 1 amide bonds. The van der Waals surface area contributed by atoms with Crippen molar-refractivity contribution in [1.82, 2.24) is 5.32 Å². The Bertz CT molecular complexity index is 515. The number of nitrogens with one attached hydrogen (secondary N) is 1. The van der Waals surface area contributed by atoms with Gasteiger partial charge in [-0.05, 0) is 43.9 Å². The van der Waals surface area contributed by atoms with E-state index in [2.05, 4.69) is 21.2 Å². The van der Waals surface area contributed by atoms with Crippen molar-refractivity contribution in [1.29, 1.82) is 0 Å². The van der Waals surface area contributed by atoms with Gasteiger partial charge in [-0.2, -0.15) is 0 Å². The molecule has 2 rings (SSSR count). The van der Waals surface area contributed by atoms with E-state index in [1.165, 1.54) is 0 Å². The standard InChI is InChI=1S/C14H16BrNO3/c1-8-11(3-2-4-12(8)15)13(17)16-10-6-5-9(7-10)14(18)19/h2-4,9-10H,5-7H2,1H3,(H,16,17)(H,18,19). The van der Waals surface area contributed by atoms with E-state index in [1.54, 1.807) is 6.07 Å². The normalized spacial score (nSPS) is 22.2. The van der Waals surface area contributed by atoms with E-state index in [1.807, 2.05) is 19.1 Å². The summed E-state index contributed by atoms with van der Waals surface area (Å²) < 4.78 is 0.898. The van der Waals surface area contributed by atoms with Crippen molar-refractivity contribution in [2.24, 2.45) is 5.92 Å². The Morgan fingerprint density at radius 1 is 1.37 bits per heavy atom. The van der Waals surface area contributed by atoms with Crippen molar-refractivity contribution in [2.45, 2.75) is 32.2 Å². The van der Waals surface area contributed by atoms with E-state index in [0.29, 0.717) is 18.4 Å². The minimum atomic E-state index is -0.768. The van der Waals surface area contributed by atoms with Crippen molar-refractivity contribution in [2.75, 3.05) is 0 Å². The summed E-state index contributed by atoms with van der Waals surface area (Å²) in [6.07, 6.45) is 1.89. The third-order valence-electron chi connectivity index (χ3n) is 3.63. The Balaban J connectivity index is 2.02. The maximum absolute atomic E-state index is 12.2. The zero-order valence-electron chi connectivity index (χ0n) is 10.6. The average Bonchev–Trinajstić information content (AvgIpc) is 2.81. The van der Waals surface area contributed by atoms with Gasteiger partial charge in [0.2, 0.25) is 0 Å². The number of hydrogen-bond acceptors (Lipinski definition) is 2. The lowest BCUT2D eigenvalue weighted by Gasteiger charge is -2.14. The van der Waals surface area contributed by atoms with Crippen LogP contribution in [0.25, 0.3) is 0 Å². The van der Waals surface area contributed by atoms with Crippen LogP contribution in [-0.4, -0.2) is 23.0 Å². The van der Waals surface area contributed by atoms with Crippen molar-refractivity contribution < 1.29 is 14.7 Å². The van der Waals surface area contributed by atoms with Crippen LogP contribution in [0.1, 0.15) is 35.2 Å². The molecule has 19 heavy (non-hydrogen) atoms. The predicted molar refractivity (Wildman–Crippen MR) is 75.1 cm³/mol. The molecule has 1 aromatic carbocycles. The van der Waals surface area contributed by atoms with Crippen LogP contribution in [0.3, 0.4) is 0 Å². The number of amides is 1. The fourth-order valence-corrected chi connectivity index (χ4v) is 2.82. The molecule has 0 aliphatic heterocycles. The lowest BCUT2D eigenvalue weighted by molar-refractivity contribution is -0.141. The first-order chi connectivity index (χ1) is 8.99. The quantitative estimate of drug-likeness (QED) is 0.897. The van der Waals surface area contributed by atoms with Crippen LogP contribution >= 0.6 is 15.9 Å². The first-order valence-corrected chi connectivity index (χ1v) is 7.07. The van der Waals surface area contributed by atoms with Gasteiger partial charge >= 0.3 is 5.97 Å². The van der Waals surface area contributed by atoms with E-state index in [4.69, 9.17) is 5.11 Å². The molecule has 1 aliphatic rings. The van der Waals surface area contributed by atoms with Crippen molar-refractivity contribution in [3.05, 3.63) is 33.8 Å². The van der Waals surface area contributed by atoms with E-state index in [-0.39, 0.29) is 17.9 Å². The van der Waals surface area contributed by atoms with E-state index in [0.717, 1.165) is 16.5 Å². The Kier molecular flexibility index (Phi) is 4.24. The van der Waals surface area contributed by atoms with Crippen LogP contribution in [0.5, 0.6) is 0 Å². The van der Waals surface area contributed by atoms with Crippen LogP contribution in [0.15, 0.2) is 22.7 Å². The van der Waals surface area contributed by atoms with Crippen LogP contribution in [-0.2, 0) is 4.79 Å². The largest absolute Gasteiger partial charge is 0.481 e. The maximum Gasteiger partial charge on any atom is 0.306 e. The van der Waals surface area contributed by atoms with E-state index in [9.17, 15) is 9.59 Å². The molecule has 4 nitrogen and oxygen atoms in total. The van der Waals surface area contributed by atoms with Gasteiger partial charge in [0, 0.05) is 16.1 Å². The Morgan fingerprint density at radius 3 is 2.74 bits per heavy atom. The minimum Gasteiger partial charge on any atom is -0.481 e. The number of carbonyl (C=O) groups excluding carboxylic acids is 1. The van der Waals surface area contributed by atoms with Crippen molar-refractivity contribution in [3.8, 4) is 0 Å². The summed E-state index contributed by atoms with van der Waals surface area (Å²) in [5.41, 5.74) is 1.53. The second kappa shape index (κ2) is 5.74. The Morgan fingerprint density at radius 2 is 2.11 bits per heavy atom. The zero-order chi connectivity index (χ0) is 14.0. The van der Waals surface area contributed by atoms with Gasteiger partial charge < -0.3 is 10.4 Å². The highest BCUT2D eigenvalue weighted by atomic mass is 79.9. The molecule has 0 bridgehead atoms. The van der Waals surface area contributed by atoms with Gasteiger partial charge in [0.15, 0.2) is 0 Å². The summed E-state index contributed by atoms with van der Waals surface area (Å²) in [7, 11) is 0. The smallest absolute Gasteiger partial charge is 0.306 e. The fraction of sp³-hybridized carbons (Fsp3) is 0.429. The van der Waals surface area contributed by atoms with Gasteiger partial charge in [0.05, 0.1) is 5.92 Å². The zero-order valence-corrected chi connectivity index (χ0v) is 12.2. The summed E-state index contributed by atoms with van der Waals surface area (Å²) in [6.45, 7) is 1.88. The number of rotatable bonds is 3. The second-order valence-electron chi connectivity index (χ2n) is 4.93. The number of halogens is 1. The number of carboxylic acids is 1. The third kappa shape index (κ3) is 3.15. The molecule has 0 spiro atoms. The molecule has 1 aromatic rings. The lowest BCUT2D eigenvalue weighted by atomic mass is 10.1. The second-order valence-corrected chi connectivity index (χ2v) is 5.79. The van der Waals surface area contributed by atoms with Gasteiger partial charge in [-0.25, -0.2) is 0 Å². The van der Waals surface area contributed by atoms with E-state index < -0.39 is 5.97 Å². The molecule has 2 N–H and O–H groups in total. The van der Waals surface area contributed by atoms with Crippen LogP contribution in [0.4, 0.5) is 0 Å². The number of hydrogen-bond donors (Lipinski definition) is 2. The van der Waals surface area contributed by atoms with Crippen molar-refractivity contribution in [3.63, 3.8) is 0 Å². The van der Waals surface area contributed by atoms with Gasteiger partial charge in [0.25, 0.3) is 5.91 Å². The molecule has 1 fully saturated rings. The lowest BCUT2D eigenvalue weighted by Crippen LogP contribution is -2.33. The molecule has 0 aromatic heterocycles. The first-order valence-electron chi connectivity index (χ1n) is 6.28. The van der Waals surface area contributed by atoms with Gasteiger partial charge in [-0.1, -0.05) is 22.0 Å². The molecule has 0 saturated heterocycles. The molecule has 0 heterocycles. The molecular weight excluding hydrogens is 310 g/mol. The molecule has 1 aliphatic carbocycles. The summed E-state index contributed by atoms with van der Waals surface area (Å²) in [5, 5.41) is 11.9. The van der Waals surface area contributed by atoms with Crippen LogP contribution < -0.4 is 5.32 Å². The van der Waals surface area contributed by atoms with Gasteiger partial charge in [-0.3, -0.25) is 9.59 Å². The van der Waals surface area contributed by atoms with E-state index >= 15 is 0 Å². The Hall–Kier alpha value is -1.36. The topological polar surface area (TPSA) is 66.4 Å². The molecule has 102 valence electrons. The number of aliphatic carboxylic acids is 1. The summed E-state index contributed by atoms with van der Waals surface area (Å²) >= 11 is 3.40. The minimum absolute atomic E-state index is 0.0352. The maximum atomic E-state index is 12.2. The average molecular weight is 326 g/mol. The highest BCUT2D eigenvalue weighted by Crippen LogP contribution is 2.26. The monoisotopic (exact) mass is 325 g/mol. The summed E-state index contributed by atoms with van der Waals surface area (Å²) in [5.74, 6) is -1.22. The third-order valence-corrected chi connectivity index (χ3v) is 4.49. The molecule has 1 saturated carbocycles. The molecule has 2 atom stereocenters.